The molecule has 2 aliphatic heterocycles. The number of carbonyl (C=O) groups excluding carboxylic acids is 2. The summed E-state index contributed by atoms with van der Waals surface area (Å²) in [4.78, 5) is 28.9. The Labute approximate surface area is 280 Å². The highest BCUT2D eigenvalue weighted by atomic mass is 35.5. The monoisotopic (exact) mass is 677 g/mol. The average molecular weight is 678 g/mol. The van der Waals surface area contributed by atoms with Gasteiger partial charge in [0.1, 0.15) is 17.6 Å². The molecule has 3 aromatic carbocycles. The molecule has 1 amide bonds. The Kier molecular flexibility index (Phi) is 9.53. The second kappa shape index (κ2) is 13.7. The number of rotatable bonds is 11. The number of ether oxygens (including phenoxy) is 3. The lowest BCUT2D eigenvalue weighted by Gasteiger charge is -2.23. The molecule has 0 unspecified atom stereocenters. The highest BCUT2D eigenvalue weighted by Crippen LogP contribution is 2.46. The summed E-state index contributed by atoms with van der Waals surface area (Å²) in [6.45, 7) is 6.73. The Morgan fingerprint density at radius 3 is 2.63 bits per heavy atom. The van der Waals surface area contributed by atoms with Crippen LogP contribution in [0.1, 0.15) is 55.5 Å². The number of hydrogen-bond donors (Lipinski definition) is 1. The molecule has 46 heavy (non-hydrogen) atoms. The number of nitrogens with zero attached hydrogens (tertiary/aromatic N) is 3. The van der Waals surface area contributed by atoms with Crippen LogP contribution in [0, 0.1) is 0 Å². The molecule has 12 heteroatoms. The van der Waals surface area contributed by atoms with Gasteiger partial charge in [-0.15, -0.1) is 10.2 Å². The van der Waals surface area contributed by atoms with Gasteiger partial charge in [-0.3, -0.25) is 14.5 Å². The summed E-state index contributed by atoms with van der Waals surface area (Å²) < 4.78 is 18.3. The number of halogens is 1. The molecule has 238 valence electrons. The normalized spacial score (nSPS) is 18.5. The highest BCUT2D eigenvalue weighted by Gasteiger charge is 2.48. The first-order valence-corrected chi connectivity index (χ1v) is 17.2. The van der Waals surface area contributed by atoms with E-state index in [2.05, 4.69) is 10.2 Å². The van der Waals surface area contributed by atoms with Gasteiger partial charge in [-0.2, -0.15) is 0 Å². The van der Waals surface area contributed by atoms with E-state index < -0.39 is 17.7 Å². The quantitative estimate of drug-likeness (QED) is 0.0563. The van der Waals surface area contributed by atoms with Crippen molar-refractivity contribution in [3.63, 3.8) is 0 Å². The maximum Gasteiger partial charge on any atom is 0.301 e. The first-order chi connectivity index (χ1) is 22.3. The van der Waals surface area contributed by atoms with E-state index in [1.54, 1.807) is 30.3 Å². The van der Waals surface area contributed by atoms with E-state index in [1.807, 2.05) is 51.1 Å². The number of benzene rings is 3. The molecule has 0 bridgehead atoms. The van der Waals surface area contributed by atoms with Crippen LogP contribution >= 0.6 is 34.7 Å². The van der Waals surface area contributed by atoms with Gasteiger partial charge in [0.2, 0.25) is 5.13 Å². The number of Topliss-reactive ketones (excluding diaryl/α,β-unsaturated/α-hetero) is 1. The zero-order valence-electron chi connectivity index (χ0n) is 25.5. The number of thioether (sulfide) groups is 1. The summed E-state index contributed by atoms with van der Waals surface area (Å²) in [5.74, 6) is 0.475. The topological polar surface area (TPSA) is 111 Å². The maximum atomic E-state index is 13.8. The van der Waals surface area contributed by atoms with Crippen molar-refractivity contribution in [2.45, 2.75) is 55.9 Å². The van der Waals surface area contributed by atoms with Crippen molar-refractivity contribution >= 4 is 57.3 Å². The van der Waals surface area contributed by atoms with Crippen LogP contribution in [0.2, 0.25) is 5.02 Å². The number of carbonyl (C=O) groups is 2. The fraction of sp³-hybridized carbons (Fsp3) is 0.294. The fourth-order valence-corrected chi connectivity index (χ4v) is 7.40. The average Bonchev–Trinajstić information content (AvgIpc) is 3.74. The summed E-state index contributed by atoms with van der Waals surface area (Å²) >= 11 is 8.69. The summed E-state index contributed by atoms with van der Waals surface area (Å²) in [5.41, 5.74) is 2.90. The molecule has 0 aliphatic carbocycles. The van der Waals surface area contributed by atoms with Gasteiger partial charge in [0, 0.05) is 22.8 Å². The van der Waals surface area contributed by atoms with Crippen LogP contribution in [-0.2, 0) is 21.8 Å². The number of aromatic nitrogens is 2. The lowest BCUT2D eigenvalue weighted by atomic mass is 9.94. The minimum Gasteiger partial charge on any atom is -0.507 e. The minimum absolute atomic E-state index is 0.00700. The smallest absolute Gasteiger partial charge is 0.301 e. The van der Waals surface area contributed by atoms with Gasteiger partial charge in [0.25, 0.3) is 5.78 Å². The van der Waals surface area contributed by atoms with Crippen molar-refractivity contribution in [3.05, 3.63) is 93.5 Å². The largest absolute Gasteiger partial charge is 0.507 e. The predicted octanol–water partition coefficient (Wildman–Crippen LogP) is 7.62. The Hall–Kier alpha value is -4.06. The summed E-state index contributed by atoms with van der Waals surface area (Å²) in [7, 11) is 0. The van der Waals surface area contributed by atoms with Gasteiger partial charge in [-0.25, -0.2) is 0 Å². The summed E-state index contributed by atoms with van der Waals surface area (Å²) in [6.07, 6.45) is 1.49. The van der Waals surface area contributed by atoms with Crippen LogP contribution in [0.15, 0.2) is 70.6 Å². The number of hydrogen-bond acceptors (Lipinski definition) is 10. The number of aliphatic hydroxyl groups excluding tert-OH is 1. The predicted molar refractivity (Wildman–Crippen MR) is 179 cm³/mol. The van der Waals surface area contributed by atoms with Gasteiger partial charge < -0.3 is 19.3 Å². The molecule has 0 saturated carbocycles. The van der Waals surface area contributed by atoms with Crippen molar-refractivity contribution < 1.29 is 28.9 Å². The Morgan fingerprint density at radius 2 is 1.87 bits per heavy atom. The molecule has 0 spiro atoms. The zero-order valence-corrected chi connectivity index (χ0v) is 27.9. The molecule has 2 atom stereocenters. The molecule has 1 aromatic heterocycles. The van der Waals surface area contributed by atoms with Gasteiger partial charge in [0.15, 0.2) is 15.8 Å². The number of aliphatic hydroxyl groups is 1. The molecule has 9 nitrogen and oxygen atoms in total. The molecule has 1 N–H and O–H groups in total. The molecule has 6 rings (SSSR count). The SMILES string of the molecule is CCCOc1ccc([C@@H]2/C(=C(\O)c3ccc4c(c3)C[C@@H](C)O4)C(=O)C(=O)N2c2nnc(SCc3ccc(Cl)cc3)s2)cc1OCC. The van der Waals surface area contributed by atoms with Crippen molar-refractivity contribution in [1.82, 2.24) is 10.2 Å². The molecular formula is C34H32ClN3O6S2. The second-order valence-corrected chi connectivity index (χ2v) is 13.5. The van der Waals surface area contributed by atoms with Crippen LogP contribution < -0.4 is 19.1 Å². The van der Waals surface area contributed by atoms with Crippen molar-refractivity contribution in [2.75, 3.05) is 18.1 Å². The number of anilines is 1. The van der Waals surface area contributed by atoms with E-state index in [1.165, 1.54) is 28.0 Å². The van der Waals surface area contributed by atoms with E-state index in [0.717, 1.165) is 23.3 Å². The van der Waals surface area contributed by atoms with Crippen LogP contribution in [-0.4, -0.2) is 46.3 Å². The number of amides is 1. The van der Waals surface area contributed by atoms with Gasteiger partial charge in [-0.05, 0) is 79.4 Å². The third-order valence-electron chi connectivity index (χ3n) is 7.54. The first kappa shape index (κ1) is 31.9. The van der Waals surface area contributed by atoms with Crippen LogP contribution in [0.5, 0.6) is 17.2 Å². The molecule has 2 aliphatic rings. The van der Waals surface area contributed by atoms with Crippen LogP contribution in [0.3, 0.4) is 0 Å². The van der Waals surface area contributed by atoms with Crippen LogP contribution in [0.4, 0.5) is 5.13 Å². The fourth-order valence-electron chi connectivity index (χ4n) is 5.45. The lowest BCUT2D eigenvalue weighted by molar-refractivity contribution is -0.132. The van der Waals surface area contributed by atoms with E-state index in [-0.39, 0.29) is 22.6 Å². The molecule has 1 saturated heterocycles. The second-order valence-electron chi connectivity index (χ2n) is 10.9. The summed E-state index contributed by atoms with van der Waals surface area (Å²) in [5, 5.41) is 21.3. The molecule has 3 heterocycles. The minimum atomic E-state index is -0.995. The Bertz CT molecular complexity index is 1810. The number of fused-ring (bicyclic) bond motifs is 1. The lowest BCUT2D eigenvalue weighted by Crippen LogP contribution is -2.29. The standard InChI is InChI=1S/C34H32ClN3O6S2/c1-4-14-43-26-13-8-21(17-27(26)42-5-2)29-28(30(39)22-9-12-25-23(16-22)15-19(3)44-25)31(40)32(41)38(29)33-36-37-34(46-33)45-18-20-6-10-24(35)11-7-20/h6-13,16-17,19,29,39H,4-5,14-15,18H2,1-3H3/b30-28+/t19-,29-/m1/s1. The van der Waals surface area contributed by atoms with Crippen LogP contribution in [0.25, 0.3) is 5.76 Å². The van der Waals surface area contributed by atoms with Crippen molar-refractivity contribution in [2.24, 2.45) is 0 Å². The van der Waals surface area contributed by atoms with Gasteiger partial charge in [-0.1, -0.05) is 59.8 Å². The molecule has 4 aromatic rings. The van der Waals surface area contributed by atoms with Gasteiger partial charge >= 0.3 is 5.91 Å². The summed E-state index contributed by atoms with van der Waals surface area (Å²) in [6, 6.07) is 17.1. The zero-order chi connectivity index (χ0) is 32.4. The van der Waals surface area contributed by atoms with E-state index in [4.69, 9.17) is 25.8 Å². The maximum absolute atomic E-state index is 13.8. The van der Waals surface area contributed by atoms with E-state index >= 15 is 0 Å². The Balaban J connectivity index is 1.42. The third-order valence-corrected chi connectivity index (χ3v) is 9.92. The first-order valence-electron chi connectivity index (χ1n) is 15.0. The van der Waals surface area contributed by atoms with Crippen molar-refractivity contribution in [3.8, 4) is 17.2 Å². The van der Waals surface area contributed by atoms with Crippen molar-refractivity contribution in [1.29, 1.82) is 0 Å². The molecular weight excluding hydrogens is 646 g/mol. The highest BCUT2D eigenvalue weighted by molar-refractivity contribution is 8.00. The molecule has 1 fully saturated rings. The van der Waals surface area contributed by atoms with E-state index in [0.29, 0.717) is 57.4 Å². The molecule has 0 radical (unpaired) electrons. The van der Waals surface area contributed by atoms with E-state index in [9.17, 15) is 14.7 Å². The third kappa shape index (κ3) is 6.44. The number of ketones is 1. The van der Waals surface area contributed by atoms with Gasteiger partial charge in [0.05, 0.1) is 24.8 Å². The Morgan fingerprint density at radius 1 is 1.07 bits per heavy atom.